The summed E-state index contributed by atoms with van der Waals surface area (Å²) < 4.78 is 4.13. The molecular weight excluding hydrogens is 314 g/mol. The molecule has 2 aromatic rings. The highest BCUT2D eigenvalue weighted by molar-refractivity contribution is 5.07. The largest absolute Gasteiger partial charge is 0.320 e. The fourth-order valence-electron chi connectivity index (χ4n) is 3.57. The van der Waals surface area contributed by atoms with Crippen molar-refractivity contribution in [3.8, 4) is 0 Å². The Labute approximate surface area is 150 Å². The van der Waals surface area contributed by atoms with Crippen molar-refractivity contribution in [3.63, 3.8) is 0 Å². The molecule has 1 unspecified atom stereocenters. The van der Waals surface area contributed by atoms with Gasteiger partial charge in [0.2, 0.25) is 0 Å². The van der Waals surface area contributed by atoms with Crippen molar-refractivity contribution in [3.05, 3.63) is 29.3 Å². The Hall–Kier alpha value is -1.73. The van der Waals surface area contributed by atoms with Gasteiger partial charge in [0, 0.05) is 24.8 Å². The van der Waals surface area contributed by atoms with E-state index in [0.717, 1.165) is 43.9 Å². The SMILES string of the molecule is Cc1cc(C)n(CC(C)N2CCC(n3cc(C(C)(C)N)nn3)CC2)n1. The number of hydrogen-bond donors (Lipinski definition) is 1. The first-order valence-electron chi connectivity index (χ1n) is 9.20. The van der Waals surface area contributed by atoms with Crippen molar-refractivity contribution in [2.45, 2.75) is 71.6 Å². The van der Waals surface area contributed by atoms with Crippen LogP contribution in [-0.4, -0.2) is 48.8 Å². The predicted octanol–water partition coefficient (Wildman–Crippen LogP) is 2.01. The maximum absolute atomic E-state index is 6.12. The first-order valence-corrected chi connectivity index (χ1v) is 9.20. The zero-order chi connectivity index (χ0) is 18.2. The molecule has 1 saturated heterocycles. The number of piperidine rings is 1. The van der Waals surface area contributed by atoms with Crippen LogP contribution in [0.2, 0.25) is 0 Å². The number of hydrogen-bond acceptors (Lipinski definition) is 5. The summed E-state index contributed by atoms with van der Waals surface area (Å²) in [6.07, 6.45) is 4.20. The Bertz CT molecular complexity index is 701. The molecule has 0 amide bonds. The monoisotopic (exact) mass is 345 g/mol. The first kappa shape index (κ1) is 18.1. The molecule has 0 bridgehead atoms. The van der Waals surface area contributed by atoms with Gasteiger partial charge in [0.25, 0.3) is 0 Å². The lowest BCUT2D eigenvalue weighted by atomic mass is 10.0. The Balaban J connectivity index is 1.56. The molecule has 25 heavy (non-hydrogen) atoms. The van der Waals surface area contributed by atoms with Gasteiger partial charge in [0.1, 0.15) is 5.69 Å². The molecule has 0 spiro atoms. The van der Waals surface area contributed by atoms with E-state index in [9.17, 15) is 0 Å². The van der Waals surface area contributed by atoms with E-state index in [0.29, 0.717) is 12.1 Å². The summed E-state index contributed by atoms with van der Waals surface area (Å²) >= 11 is 0. The summed E-state index contributed by atoms with van der Waals surface area (Å²) in [5, 5.41) is 13.1. The Morgan fingerprint density at radius 1 is 1.28 bits per heavy atom. The number of nitrogens with two attached hydrogens (primary N) is 1. The molecule has 138 valence electrons. The normalized spacial score (nSPS) is 18.6. The molecule has 1 fully saturated rings. The van der Waals surface area contributed by atoms with Crippen LogP contribution in [0.1, 0.15) is 56.7 Å². The Morgan fingerprint density at radius 2 is 1.96 bits per heavy atom. The third-order valence-electron chi connectivity index (χ3n) is 5.21. The van der Waals surface area contributed by atoms with Gasteiger partial charge in [-0.1, -0.05) is 5.21 Å². The standard InChI is InChI=1S/C18H31N7/c1-13-10-14(2)24(21-13)11-15(3)23-8-6-16(7-9-23)25-12-17(20-22-25)18(4,5)19/h10,12,15-16H,6-9,11,19H2,1-5H3. The van der Waals surface area contributed by atoms with Crippen molar-refractivity contribution in [2.24, 2.45) is 5.73 Å². The van der Waals surface area contributed by atoms with E-state index in [1.807, 2.05) is 24.7 Å². The maximum atomic E-state index is 6.12. The summed E-state index contributed by atoms with van der Waals surface area (Å²) in [4.78, 5) is 2.55. The predicted molar refractivity (Wildman–Crippen MR) is 98.2 cm³/mol. The van der Waals surface area contributed by atoms with Gasteiger partial charge >= 0.3 is 0 Å². The molecule has 1 aliphatic rings. The Kier molecular flexibility index (Phi) is 4.97. The van der Waals surface area contributed by atoms with Crippen molar-refractivity contribution >= 4 is 0 Å². The topological polar surface area (TPSA) is 77.8 Å². The second kappa shape index (κ2) is 6.88. The molecule has 1 aliphatic heterocycles. The van der Waals surface area contributed by atoms with Gasteiger partial charge in [-0.15, -0.1) is 5.10 Å². The highest BCUT2D eigenvalue weighted by Gasteiger charge is 2.26. The van der Waals surface area contributed by atoms with Crippen molar-refractivity contribution in [1.82, 2.24) is 29.7 Å². The summed E-state index contributed by atoms with van der Waals surface area (Å²) in [5.41, 5.74) is 8.86. The number of aromatic nitrogens is 5. The van der Waals surface area contributed by atoms with Crippen LogP contribution in [0.3, 0.4) is 0 Å². The average Bonchev–Trinajstić information content (AvgIpc) is 3.14. The van der Waals surface area contributed by atoms with E-state index >= 15 is 0 Å². The van der Waals surface area contributed by atoms with Crippen LogP contribution in [-0.2, 0) is 12.1 Å². The molecule has 3 rings (SSSR count). The zero-order valence-corrected chi connectivity index (χ0v) is 16.1. The second-order valence-electron chi connectivity index (χ2n) is 8.03. The second-order valence-corrected chi connectivity index (χ2v) is 8.03. The van der Waals surface area contributed by atoms with Gasteiger partial charge in [-0.25, -0.2) is 4.68 Å². The van der Waals surface area contributed by atoms with Crippen LogP contribution in [0.15, 0.2) is 12.3 Å². The van der Waals surface area contributed by atoms with Crippen molar-refractivity contribution in [1.29, 1.82) is 0 Å². The fraction of sp³-hybridized carbons (Fsp3) is 0.722. The van der Waals surface area contributed by atoms with E-state index in [4.69, 9.17) is 5.73 Å². The van der Waals surface area contributed by atoms with E-state index < -0.39 is 5.54 Å². The molecule has 2 aromatic heterocycles. The van der Waals surface area contributed by atoms with Gasteiger partial charge in [-0.05, 0) is 53.5 Å². The van der Waals surface area contributed by atoms with Gasteiger partial charge in [0.05, 0.1) is 30.0 Å². The summed E-state index contributed by atoms with van der Waals surface area (Å²) in [6, 6.07) is 3.04. The molecule has 0 aromatic carbocycles. The first-order chi connectivity index (χ1) is 11.7. The van der Waals surface area contributed by atoms with E-state index in [1.165, 1.54) is 5.69 Å². The minimum Gasteiger partial charge on any atom is -0.320 e. The number of aryl methyl sites for hydroxylation is 2. The minimum atomic E-state index is -0.437. The van der Waals surface area contributed by atoms with E-state index in [2.05, 4.69) is 51.8 Å². The molecule has 1 atom stereocenters. The molecule has 7 nitrogen and oxygen atoms in total. The van der Waals surface area contributed by atoms with Crippen LogP contribution < -0.4 is 5.73 Å². The number of rotatable bonds is 5. The van der Waals surface area contributed by atoms with Gasteiger partial charge in [-0.2, -0.15) is 5.10 Å². The highest BCUT2D eigenvalue weighted by atomic mass is 15.4. The van der Waals surface area contributed by atoms with Crippen LogP contribution in [0, 0.1) is 13.8 Å². The minimum absolute atomic E-state index is 0.417. The molecule has 2 N–H and O–H groups in total. The van der Waals surface area contributed by atoms with Crippen molar-refractivity contribution < 1.29 is 0 Å². The fourth-order valence-corrected chi connectivity index (χ4v) is 3.57. The third-order valence-corrected chi connectivity index (χ3v) is 5.21. The maximum Gasteiger partial charge on any atom is 0.102 e. The lowest BCUT2D eigenvalue weighted by Gasteiger charge is -2.36. The Morgan fingerprint density at radius 3 is 2.48 bits per heavy atom. The quantitative estimate of drug-likeness (QED) is 0.897. The van der Waals surface area contributed by atoms with Gasteiger partial charge < -0.3 is 5.73 Å². The zero-order valence-electron chi connectivity index (χ0n) is 16.1. The lowest BCUT2D eigenvalue weighted by molar-refractivity contribution is 0.125. The molecular formula is C18H31N7. The molecule has 7 heteroatoms. The lowest BCUT2D eigenvalue weighted by Crippen LogP contribution is -2.42. The van der Waals surface area contributed by atoms with E-state index in [-0.39, 0.29) is 0 Å². The van der Waals surface area contributed by atoms with Crippen LogP contribution in [0.25, 0.3) is 0 Å². The average molecular weight is 345 g/mol. The summed E-state index contributed by atoms with van der Waals surface area (Å²) in [6.45, 7) is 13.5. The smallest absolute Gasteiger partial charge is 0.102 e. The number of likely N-dealkylation sites (tertiary alicyclic amines) is 1. The van der Waals surface area contributed by atoms with Crippen LogP contribution in [0.5, 0.6) is 0 Å². The van der Waals surface area contributed by atoms with Crippen LogP contribution >= 0.6 is 0 Å². The summed E-state index contributed by atoms with van der Waals surface area (Å²) in [5.74, 6) is 0. The number of nitrogens with zero attached hydrogens (tertiary/aromatic N) is 6. The molecule has 0 aliphatic carbocycles. The molecule has 0 saturated carbocycles. The highest BCUT2D eigenvalue weighted by Crippen LogP contribution is 2.25. The molecule has 3 heterocycles. The molecule has 0 radical (unpaired) electrons. The third kappa shape index (κ3) is 4.10. The van der Waals surface area contributed by atoms with Crippen LogP contribution in [0.4, 0.5) is 0 Å². The summed E-state index contributed by atoms with van der Waals surface area (Å²) in [7, 11) is 0. The van der Waals surface area contributed by atoms with E-state index in [1.54, 1.807) is 0 Å². The van der Waals surface area contributed by atoms with Gasteiger partial charge in [0.15, 0.2) is 0 Å². The van der Waals surface area contributed by atoms with Crippen molar-refractivity contribution in [2.75, 3.05) is 13.1 Å². The van der Waals surface area contributed by atoms with Gasteiger partial charge in [-0.3, -0.25) is 9.58 Å².